The van der Waals surface area contributed by atoms with Crippen LogP contribution in [0.15, 0.2) is 65.4 Å². The highest BCUT2D eigenvalue weighted by Gasteiger charge is 2.37. The number of Topliss-reactive ketones (excluding diaryl/α,β-unsaturated/α-hetero) is 1. The van der Waals surface area contributed by atoms with Gasteiger partial charge >= 0.3 is 0 Å². The summed E-state index contributed by atoms with van der Waals surface area (Å²) in [5, 5.41) is 2.11. The van der Waals surface area contributed by atoms with Crippen LogP contribution in [0, 0.1) is 17.3 Å². The van der Waals surface area contributed by atoms with Crippen LogP contribution in [-0.2, 0) is 9.53 Å². The fourth-order valence-electron chi connectivity index (χ4n) is 3.58. The summed E-state index contributed by atoms with van der Waals surface area (Å²) < 4.78 is 19.8. The SMILES string of the molecule is CC1(C)CC(=O)C2=C(C1)OC(F)=C(C#Cc1cccc3ccccc13)C2. The lowest BCUT2D eigenvalue weighted by atomic mass is 9.75. The van der Waals surface area contributed by atoms with Crippen molar-refractivity contribution in [2.24, 2.45) is 5.41 Å². The largest absolute Gasteiger partial charge is 0.435 e. The molecule has 0 saturated carbocycles. The van der Waals surface area contributed by atoms with Gasteiger partial charge in [-0.25, -0.2) is 0 Å². The molecule has 3 heteroatoms. The van der Waals surface area contributed by atoms with Gasteiger partial charge in [0, 0.05) is 30.4 Å². The Morgan fingerprint density at radius 2 is 1.81 bits per heavy atom. The van der Waals surface area contributed by atoms with Crippen molar-refractivity contribution in [3.63, 3.8) is 0 Å². The molecule has 0 radical (unpaired) electrons. The van der Waals surface area contributed by atoms with Crippen LogP contribution in [0.4, 0.5) is 4.39 Å². The predicted octanol–water partition coefficient (Wildman–Crippen LogP) is 5.44. The number of rotatable bonds is 0. The smallest absolute Gasteiger partial charge is 0.289 e. The Balaban J connectivity index is 1.67. The third kappa shape index (κ3) is 3.04. The van der Waals surface area contributed by atoms with Gasteiger partial charge in [0.15, 0.2) is 5.78 Å². The molecule has 1 heterocycles. The summed E-state index contributed by atoms with van der Waals surface area (Å²) in [7, 11) is 0. The molecule has 2 aromatic rings. The first-order valence-corrected chi connectivity index (χ1v) is 8.74. The molecule has 0 aromatic heterocycles. The normalized spacial score (nSPS) is 19.0. The summed E-state index contributed by atoms with van der Waals surface area (Å²) in [4.78, 5) is 12.4. The van der Waals surface area contributed by atoms with Crippen LogP contribution < -0.4 is 0 Å². The number of halogens is 1. The van der Waals surface area contributed by atoms with Gasteiger partial charge in [-0.1, -0.05) is 62.1 Å². The average molecular weight is 346 g/mol. The van der Waals surface area contributed by atoms with Crippen LogP contribution in [0.25, 0.3) is 10.8 Å². The van der Waals surface area contributed by atoms with E-state index in [2.05, 4.69) is 11.8 Å². The van der Waals surface area contributed by atoms with Crippen LogP contribution >= 0.6 is 0 Å². The number of allylic oxidation sites excluding steroid dienone is 3. The molecule has 2 aromatic carbocycles. The van der Waals surface area contributed by atoms with E-state index in [1.54, 1.807) is 0 Å². The van der Waals surface area contributed by atoms with E-state index in [1.165, 1.54) is 0 Å². The second-order valence-corrected chi connectivity index (χ2v) is 7.65. The molecule has 130 valence electrons. The quantitative estimate of drug-likeness (QED) is 0.594. The molecular weight excluding hydrogens is 327 g/mol. The Morgan fingerprint density at radius 3 is 2.65 bits per heavy atom. The Hall–Kier alpha value is -2.86. The molecule has 0 N–H and O–H groups in total. The minimum absolute atomic E-state index is 0.0354. The number of carbonyl (C=O) groups is 1. The summed E-state index contributed by atoms with van der Waals surface area (Å²) in [6.07, 6.45) is 1.25. The fraction of sp³-hybridized carbons (Fsp3) is 0.261. The molecule has 1 aliphatic heterocycles. The first kappa shape index (κ1) is 16.6. The third-order valence-corrected chi connectivity index (χ3v) is 4.89. The second-order valence-electron chi connectivity index (χ2n) is 7.65. The molecule has 0 fully saturated rings. The van der Waals surface area contributed by atoms with Crippen molar-refractivity contribution in [2.45, 2.75) is 33.1 Å². The van der Waals surface area contributed by atoms with Gasteiger partial charge in [-0.2, -0.15) is 4.39 Å². The zero-order valence-corrected chi connectivity index (χ0v) is 14.9. The van der Waals surface area contributed by atoms with Crippen LogP contribution in [0.5, 0.6) is 0 Å². The second kappa shape index (κ2) is 6.14. The Labute approximate surface area is 152 Å². The maximum Gasteiger partial charge on any atom is 0.289 e. The Bertz CT molecular complexity index is 1040. The molecule has 1 aliphatic carbocycles. The van der Waals surface area contributed by atoms with Gasteiger partial charge in [0.05, 0.1) is 5.57 Å². The van der Waals surface area contributed by atoms with Gasteiger partial charge in [-0.3, -0.25) is 4.79 Å². The van der Waals surface area contributed by atoms with Crippen LogP contribution in [0.2, 0.25) is 0 Å². The number of hydrogen-bond donors (Lipinski definition) is 0. The van der Waals surface area contributed by atoms with Gasteiger partial charge < -0.3 is 4.74 Å². The maximum atomic E-state index is 14.4. The molecular formula is C23H19FO2. The molecule has 2 nitrogen and oxygen atoms in total. The van der Waals surface area contributed by atoms with E-state index in [9.17, 15) is 9.18 Å². The molecule has 0 amide bonds. The highest BCUT2D eigenvalue weighted by Crippen LogP contribution is 2.42. The van der Waals surface area contributed by atoms with Gasteiger partial charge in [-0.15, -0.1) is 0 Å². The highest BCUT2D eigenvalue weighted by molar-refractivity contribution is 5.98. The van der Waals surface area contributed by atoms with Crippen LogP contribution in [-0.4, -0.2) is 5.78 Å². The lowest BCUT2D eigenvalue weighted by Crippen LogP contribution is -2.28. The first-order chi connectivity index (χ1) is 12.4. The third-order valence-electron chi connectivity index (χ3n) is 4.89. The minimum Gasteiger partial charge on any atom is -0.435 e. The van der Waals surface area contributed by atoms with Gasteiger partial charge in [0.2, 0.25) is 0 Å². The monoisotopic (exact) mass is 346 g/mol. The number of hydrogen-bond acceptors (Lipinski definition) is 2. The topological polar surface area (TPSA) is 26.3 Å². The van der Waals surface area contributed by atoms with E-state index in [1.807, 2.05) is 56.3 Å². The van der Waals surface area contributed by atoms with E-state index >= 15 is 0 Å². The summed E-state index contributed by atoms with van der Waals surface area (Å²) in [6.45, 7) is 3.99. The van der Waals surface area contributed by atoms with E-state index < -0.39 is 6.01 Å². The van der Waals surface area contributed by atoms with Crippen molar-refractivity contribution in [1.82, 2.24) is 0 Å². The van der Waals surface area contributed by atoms with Crippen molar-refractivity contribution >= 4 is 16.6 Å². The molecule has 2 aliphatic rings. The molecule has 0 atom stereocenters. The van der Waals surface area contributed by atoms with Crippen LogP contribution in [0.3, 0.4) is 0 Å². The maximum absolute atomic E-state index is 14.4. The number of fused-ring (bicyclic) bond motifs is 1. The van der Waals surface area contributed by atoms with E-state index in [-0.39, 0.29) is 23.2 Å². The van der Waals surface area contributed by atoms with Gasteiger partial charge in [0.25, 0.3) is 6.01 Å². The van der Waals surface area contributed by atoms with Crippen molar-refractivity contribution < 1.29 is 13.9 Å². The summed E-state index contributed by atoms with van der Waals surface area (Å²) in [5.41, 5.74) is 1.46. The number of benzene rings is 2. The number of ether oxygens (including phenoxy) is 1. The molecule has 4 rings (SSSR count). The fourth-order valence-corrected chi connectivity index (χ4v) is 3.58. The molecule has 0 saturated heterocycles. The Kier molecular flexibility index (Phi) is 3.92. The zero-order valence-electron chi connectivity index (χ0n) is 14.9. The number of carbonyl (C=O) groups excluding carboxylic acids is 1. The lowest BCUT2D eigenvalue weighted by Gasteiger charge is -2.33. The van der Waals surface area contributed by atoms with Gasteiger partial charge in [-0.05, 0) is 22.3 Å². The van der Waals surface area contributed by atoms with Gasteiger partial charge in [0.1, 0.15) is 5.76 Å². The van der Waals surface area contributed by atoms with E-state index in [0.717, 1.165) is 16.3 Å². The minimum atomic E-state index is -0.679. The standard InChI is InChI=1S/C23H19FO2/c1-23(2)13-20(25)19-12-17(22(24)26-21(19)14-23)11-10-16-8-5-7-15-6-3-4-9-18(15)16/h3-9H,12-14H2,1-2H3. The lowest BCUT2D eigenvalue weighted by molar-refractivity contribution is -0.118. The average Bonchev–Trinajstić information content (AvgIpc) is 2.59. The predicted molar refractivity (Wildman–Crippen MR) is 99.7 cm³/mol. The van der Waals surface area contributed by atoms with E-state index in [4.69, 9.17) is 4.74 Å². The summed E-state index contributed by atoms with van der Waals surface area (Å²) >= 11 is 0. The molecule has 0 unspecified atom stereocenters. The van der Waals surface area contributed by atoms with E-state index in [0.29, 0.717) is 24.2 Å². The highest BCUT2D eigenvalue weighted by atomic mass is 19.1. The molecule has 0 bridgehead atoms. The van der Waals surface area contributed by atoms with Crippen molar-refractivity contribution in [1.29, 1.82) is 0 Å². The van der Waals surface area contributed by atoms with Crippen molar-refractivity contribution in [2.75, 3.05) is 0 Å². The zero-order chi connectivity index (χ0) is 18.3. The molecule has 26 heavy (non-hydrogen) atoms. The number of ketones is 1. The summed E-state index contributed by atoms with van der Waals surface area (Å²) in [6, 6.07) is 13.1. The van der Waals surface area contributed by atoms with Crippen molar-refractivity contribution in [3.8, 4) is 11.8 Å². The molecule has 0 spiro atoms. The first-order valence-electron chi connectivity index (χ1n) is 8.74. The summed E-state index contributed by atoms with van der Waals surface area (Å²) in [5.74, 6) is 6.46. The van der Waals surface area contributed by atoms with Crippen molar-refractivity contribution in [3.05, 3.63) is 70.9 Å². The Morgan fingerprint density at radius 1 is 1.04 bits per heavy atom. The van der Waals surface area contributed by atoms with Crippen LogP contribution in [0.1, 0.15) is 38.7 Å².